The Morgan fingerprint density at radius 2 is 2.11 bits per heavy atom. The van der Waals surface area contributed by atoms with Gasteiger partial charge in [-0.25, -0.2) is 4.39 Å². The largest absolute Gasteiger partial charge is 0.497 e. The van der Waals surface area contributed by atoms with E-state index in [4.69, 9.17) is 10.5 Å². The van der Waals surface area contributed by atoms with Crippen molar-refractivity contribution in [1.82, 2.24) is 4.98 Å². The number of hydrogen-bond donors (Lipinski definition) is 1. The van der Waals surface area contributed by atoms with E-state index in [0.29, 0.717) is 16.3 Å². The Hall–Kier alpha value is -1.75. The molecule has 0 saturated heterocycles. The number of halogens is 1. The number of nitrogens with zero attached hydrogens (tertiary/aromatic N) is 1. The Morgan fingerprint density at radius 3 is 2.79 bits per heavy atom. The van der Waals surface area contributed by atoms with Crippen LogP contribution in [-0.4, -0.2) is 12.1 Å². The standard InChI is InChI=1S/C14H15FN2OS/c1-9-5-12(18-2)7-11(17-9)8-19-14-4-3-10(16)6-13(14)15/h3-7H,8,16H2,1-2H3. The minimum absolute atomic E-state index is 0.301. The number of anilines is 1. The van der Waals surface area contributed by atoms with Gasteiger partial charge in [-0.05, 0) is 25.1 Å². The van der Waals surface area contributed by atoms with Gasteiger partial charge < -0.3 is 10.5 Å². The molecule has 2 rings (SSSR count). The molecule has 0 radical (unpaired) electrons. The van der Waals surface area contributed by atoms with E-state index in [0.717, 1.165) is 17.1 Å². The lowest BCUT2D eigenvalue weighted by molar-refractivity contribution is 0.413. The van der Waals surface area contributed by atoms with Crippen molar-refractivity contribution >= 4 is 17.4 Å². The molecule has 5 heteroatoms. The molecule has 1 aromatic heterocycles. The fourth-order valence-electron chi connectivity index (χ4n) is 1.68. The lowest BCUT2D eigenvalue weighted by atomic mass is 10.3. The first-order chi connectivity index (χ1) is 9.08. The third-order valence-corrected chi connectivity index (χ3v) is 3.63. The van der Waals surface area contributed by atoms with Crippen molar-refractivity contribution in [3.63, 3.8) is 0 Å². The molecular formula is C14H15FN2OS. The molecule has 0 fully saturated rings. The number of rotatable bonds is 4. The summed E-state index contributed by atoms with van der Waals surface area (Å²) in [6.45, 7) is 1.90. The lowest BCUT2D eigenvalue weighted by Gasteiger charge is -2.07. The van der Waals surface area contributed by atoms with Crippen LogP contribution in [0.2, 0.25) is 0 Å². The summed E-state index contributed by atoms with van der Waals surface area (Å²) in [4.78, 5) is 4.96. The summed E-state index contributed by atoms with van der Waals surface area (Å²) in [5.41, 5.74) is 7.68. The zero-order valence-corrected chi connectivity index (χ0v) is 11.6. The molecule has 0 spiro atoms. The third kappa shape index (κ3) is 3.61. The highest BCUT2D eigenvalue weighted by atomic mass is 32.2. The lowest BCUT2D eigenvalue weighted by Crippen LogP contribution is -1.94. The van der Waals surface area contributed by atoms with Crippen molar-refractivity contribution < 1.29 is 9.13 Å². The summed E-state index contributed by atoms with van der Waals surface area (Å²) >= 11 is 1.39. The number of thioether (sulfide) groups is 1. The van der Waals surface area contributed by atoms with Crippen molar-refractivity contribution in [1.29, 1.82) is 0 Å². The van der Waals surface area contributed by atoms with E-state index in [-0.39, 0.29) is 5.82 Å². The van der Waals surface area contributed by atoms with E-state index in [1.807, 2.05) is 19.1 Å². The number of aromatic nitrogens is 1. The predicted molar refractivity (Wildman–Crippen MR) is 75.9 cm³/mol. The highest BCUT2D eigenvalue weighted by Gasteiger charge is 2.06. The van der Waals surface area contributed by atoms with Gasteiger partial charge in [-0.15, -0.1) is 11.8 Å². The average molecular weight is 278 g/mol. The first-order valence-corrected chi connectivity index (χ1v) is 6.76. The Kier molecular flexibility index (Phi) is 4.27. The van der Waals surface area contributed by atoms with Crippen LogP contribution in [0.25, 0.3) is 0 Å². The Morgan fingerprint density at radius 1 is 1.32 bits per heavy atom. The second-order valence-corrected chi connectivity index (χ2v) is 5.14. The number of benzene rings is 1. The van der Waals surface area contributed by atoms with Crippen LogP contribution in [0.3, 0.4) is 0 Å². The van der Waals surface area contributed by atoms with Crippen LogP contribution in [0, 0.1) is 12.7 Å². The van der Waals surface area contributed by atoms with E-state index < -0.39 is 0 Å². The SMILES string of the molecule is COc1cc(C)nc(CSc2ccc(N)cc2F)c1. The minimum Gasteiger partial charge on any atom is -0.497 e. The summed E-state index contributed by atoms with van der Waals surface area (Å²) in [6, 6.07) is 8.41. The van der Waals surface area contributed by atoms with E-state index in [1.165, 1.54) is 17.8 Å². The van der Waals surface area contributed by atoms with Gasteiger partial charge in [0.1, 0.15) is 11.6 Å². The van der Waals surface area contributed by atoms with Crippen LogP contribution in [0.15, 0.2) is 35.2 Å². The number of ether oxygens (including phenoxy) is 1. The van der Waals surface area contributed by atoms with Gasteiger partial charge in [0, 0.05) is 34.2 Å². The highest BCUT2D eigenvalue weighted by molar-refractivity contribution is 7.98. The summed E-state index contributed by atoms with van der Waals surface area (Å²) in [6.07, 6.45) is 0. The molecule has 1 heterocycles. The predicted octanol–water partition coefficient (Wildman–Crippen LogP) is 3.41. The molecule has 3 nitrogen and oxygen atoms in total. The van der Waals surface area contributed by atoms with Crippen LogP contribution in [-0.2, 0) is 5.75 Å². The summed E-state index contributed by atoms with van der Waals surface area (Å²) in [5.74, 6) is 1.05. The molecule has 1 aromatic carbocycles. The van der Waals surface area contributed by atoms with Crippen molar-refractivity contribution in [2.24, 2.45) is 0 Å². The maximum Gasteiger partial charge on any atom is 0.138 e. The van der Waals surface area contributed by atoms with E-state index in [9.17, 15) is 4.39 Å². The Bertz CT molecular complexity index is 590. The van der Waals surface area contributed by atoms with Gasteiger partial charge in [0.25, 0.3) is 0 Å². The van der Waals surface area contributed by atoms with Gasteiger partial charge in [0.2, 0.25) is 0 Å². The van der Waals surface area contributed by atoms with E-state index in [2.05, 4.69) is 4.98 Å². The molecule has 0 aliphatic heterocycles. The minimum atomic E-state index is -0.301. The summed E-state index contributed by atoms with van der Waals surface area (Å²) < 4.78 is 18.8. The number of methoxy groups -OCH3 is 1. The highest BCUT2D eigenvalue weighted by Crippen LogP contribution is 2.27. The molecule has 0 atom stereocenters. The number of aryl methyl sites for hydroxylation is 1. The van der Waals surface area contributed by atoms with Crippen LogP contribution < -0.4 is 10.5 Å². The monoisotopic (exact) mass is 278 g/mol. The molecule has 0 bridgehead atoms. The van der Waals surface area contributed by atoms with Crippen molar-refractivity contribution in [3.8, 4) is 5.75 Å². The molecule has 0 unspecified atom stereocenters. The molecule has 0 aliphatic carbocycles. The summed E-state index contributed by atoms with van der Waals surface area (Å²) in [5, 5.41) is 0. The molecule has 0 aliphatic rings. The molecule has 0 amide bonds. The fraction of sp³-hybridized carbons (Fsp3) is 0.214. The number of pyridine rings is 1. The Balaban J connectivity index is 2.12. The zero-order chi connectivity index (χ0) is 13.8. The topological polar surface area (TPSA) is 48.1 Å². The molecular weight excluding hydrogens is 263 g/mol. The van der Waals surface area contributed by atoms with Crippen molar-refractivity contribution in [3.05, 3.63) is 47.5 Å². The van der Waals surface area contributed by atoms with E-state index >= 15 is 0 Å². The normalized spacial score (nSPS) is 10.5. The van der Waals surface area contributed by atoms with E-state index in [1.54, 1.807) is 19.2 Å². The molecule has 2 N–H and O–H groups in total. The second kappa shape index (κ2) is 5.93. The van der Waals surface area contributed by atoms with Gasteiger partial charge in [-0.2, -0.15) is 0 Å². The molecule has 100 valence electrons. The molecule has 2 aromatic rings. The fourth-order valence-corrected chi connectivity index (χ4v) is 2.49. The maximum atomic E-state index is 13.6. The molecule has 0 saturated carbocycles. The van der Waals surface area contributed by atoms with Crippen LogP contribution in [0.5, 0.6) is 5.75 Å². The van der Waals surface area contributed by atoms with Gasteiger partial charge in [0.15, 0.2) is 0 Å². The number of hydrogen-bond acceptors (Lipinski definition) is 4. The van der Waals surface area contributed by atoms with Crippen LogP contribution in [0.1, 0.15) is 11.4 Å². The second-order valence-electron chi connectivity index (χ2n) is 4.12. The maximum absolute atomic E-state index is 13.6. The van der Waals surface area contributed by atoms with Gasteiger partial charge in [-0.3, -0.25) is 4.98 Å². The molecule has 19 heavy (non-hydrogen) atoms. The smallest absolute Gasteiger partial charge is 0.138 e. The third-order valence-electron chi connectivity index (χ3n) is 2.55. The first kappa shape index (κ1) is 13.7. The quantitative estimate of drug-likeness (QED) is 0.687. The summed E-state index contributed by atoms with van der Waals surface area (Å²) in [7, 11) is 1.62. The zero-order valence-electron chi connectivity index (χ0n) is 10.8. The first-order valence-electron chi connectivity index (χ1n) is 5.78. The van der Waals surface area contributed by atoms with Crippen molar-refractivity contribution in [2.75, 3.05) is 12.8 Å². The van der Waals surface area contributed by atoms with Crippen molar-refractivity contribution in [2.45, 2.75) is 17.6 Å². The van der Waals surface area contributed by atoms with Gasteiger partial charge >= 0.3 is 0 Å². The Labute approximate surface area is 116 Å². The average Bonchev–Trinajstić information content (AvgIpc) is 2.37. The van der Waals surface area contributed by atoms with Crippen LogP contribution in [0.4, 0.5) is 10.1 Å². The number of nitrogens with two attached hydrogens (primary N) is 1. The van der Waals surface area contributed by atoms with Gasteiger partial charge in [0.05, 0.1) is 12.8 Å². The number of nitrogen functional groups attached to an aromatic ring is 1. The van der Waals surface area contributed by atoms with Gasteiger partial charge in [-0.1, -0.05) is 0 Å². The van der Waals surface area contributed by atoms with Crippen LogP contribution >= 0.6 is 11.8 Å².